The number of nitrogens with one attached hydrogen (secondary N) is 1. The smallest absolute Gasteiger partial charge is 0.179 e. The fraction of sp³-hybridized carbons (Fsp3) is 0.182. The molecule has 0 aliphatic heterocycles. The minimum absolute atomic E-state index is 0.240. The molecule has 0 fully saturated rings. The molecular formula is C11H7BrINO. The van der Waals surface area contributed by atoms with Crippen LogP contribution in [0.5, 0.6) is 0 Å². The highest BCUT2D eigenvalue weighted by molar-refractivity contribution is 14.1. The highest BCUT2D eigenvalue weighted by Gasteiger charge is 2.25. The van der Waals surface area contributed by atoms with Crippen molar-refractivity contribution in [1.29, 1.82) is 0 Å². The molecule has 2 aromatic rings. The van der Waals surface area contributed by atoms with E-state index in [0.29, 0.717) is 6.42 Å². The third kappa shape index (κ3) is 1.30. The first-order valence-electron chi connectivity index (χ1n) is 4.70. The summed E-state index contributed by atoms with van der Waals surface area (Å²) >= 11 is 5.83. The Morgan fingerprint density at radius 1 is 1.33 bits per heavy atom. The highest BCUT2D eigenvalue weighted by Crippen LogP contribution is 2.36. The number of aromatic nitrogens is 1. The number of H-pyrrole nitrogens is 1. The summed E-state index contributed by atoms with van der Waals surface area (Å²) in [6, 6.07) is 4.09. The maximum Gasteiger partial charge on any atom is 0.179 e. The van der Waals surface area contributed by atoms with Crippen LogP contribution in [-0.4, -0.2) is 10.8 Å². The van der Waals surface area contributed by atoms with Gasteiger partial charge in [0, 0.05) is 19.8 Å². The molecule has 15 heavy (non-hydrogen) atoms. The molecule has 3 rings (SSSR count). The van der Waals surface area contributed by atoms with Gasteiger partial charge in [0.2, 0.25) is 0 Å². The first kappa shape index (κ1) is 9.84. The number of rotatable bonds is 0. The van der Waals surface area contributed by atoms with Gasteiger partial charge in [0.25, 0.3) is 0 Å². The van der Waals surface area contributed by atoms with E-state index in [1.54, 1.807) is 0 Å². The fourth-order valence-corrected chi connectivity index (χ4v) is 3.35. The van der Waals surface area contributed by atoms with Gasteiger partial charge in [-0.05, 0) is 62.6 Å². The van der Waals surface area contributed by atoms with Gasteiger partial charge >= 0.3 is 0 Å². The van der Waals surface area contributed by atoms with Crippen LogP contribution < -0.4 is 0 Å². The van der Waals surface area contributed by atoms with Crippen LogP contribution in [0.1, 0.15) is 22.5 Å². The summed E-state index contributed by atoms with van der Waals surface area (Å²) in [4.78, 5) is 14.8. The number of ketones is 1. The van der Waals surface area contributed by atoms with Crippen molar-refractivity contribution in [3.05, 3.63) is 31.4 Å². The lowest BCUT2D eigenvalue weighted by molar-refractivity contribution is 0.0991. The predicted molar refractivity (Wildman–Crippen MR) is 71.4 cm³/mol. The Hall–Kier alpha value is -0.360. The molecule has 1 aromatic carbocycles. The summed E-state index contributed by atoms with van der Waals surface area (Å²) in [7, 11) is 0. The van der Waals surface area contributed by atoms with Crippen LogP contribution in [0, 0.1) is 3.57 Å². The van der Waals surface area contributed by atoms with Gasteiger partial charge in [-0.1, -0.05) is 0 Å². The number of hydrogen-bond donors (Lipinski definition) is 1. The Labute approximate surface area is 109 Å². The van der Waals surface area contributed by atoms with Gasteiger partial charge in [0.15, 0.2) is 5.78 Å². The zero-order valence-corrected chi connectivity index (χ0v) is 11.5. The molecule has 0 bridgehead atoms. The molecule has 4 heteroatoms. The molecule has 0 amide bonds. The summed E-state index contributed by atoms with van der Waals surface area (Å²) < 4.78 is 2.23. The number of benzene rings is 1. The summed E-state index contributed by atoms with van der Waals surface area (Å²) in [5, 5.41) is 1.21. The molecule has 76 valence electrons. The Morgan fingerprint density at radius 3 is 2.93 bits per heavy atom. The van der Waals surface area contributed by atoms with Gasteiger partial charge < -0.3 is 4.98 Å². The second-order valence-electron chi connectivity index (χ2n) is 3.68. The summed E-state index contributed by atoms with van der Waals surface area (Å²) in [6.07, 6.45) is 1.53. The van der Waals surface area contributed by atoms with E-state index in [2.05, 4.69) is 49.6 Å². The molecule has 0 unspecified atom stereocenters. The van der Waals surface area contributed by atoms with Crippen molar-refractivity contribution < 1.29 is 4.79 Å². The van der Waals surface area contributed by atoms with Gasteiger partial charge in [0.05, 0.1) is 11.2 Å². The van der Waals surface area contributed by atoms with Crippen molar-refractivity contribution in [3.63, 3.8) is 0 Å². The summed E-state index contributed by atoms with van der Waals surface area (Å²) in [5.74, 6) is 0.240. The Bertz CT molecular complexity index is 588. The molecule has 0 radical (unpaired) electrons. The van der Waals surface area contributed by atoms with E-state index in [4.69, 9.17) is 0 Å². The summed E-state index contributed by atoms with van der Waals surface area (Å²) in [5.41, 5.74) is 3.07. The second-order valence-corrected chi connectivity index (χ2v) is 5.70. The van der Waals surface area contributed by atoms with E-state index < -0.39 is 0 Å². The second kappa shape index (κ2) is 3.31. The highest BCUT2D eigenvalue weighted by atomic mass is 127. The van der Waals surface area contributed by atoms with E-state index in [9.17, 15) is 4.79 Å². The van der Waals surface area contributed by atoms with Crippen LogP contribution in [0.2, 0.25) is 0 Å². The number of carbonyl (C=O) groups excluding carboxylic acids is 1. The normalized spacial score (nSPS) is 14.9. The van der Waals surface area contributed by atoms with Crippen molar-refractivity contribution in [2.75, 3.05) is 0 Å². The topological polar surface area (TPSA) is 32.9 Å². The van der Waals surface area contributed by atoms with Gasteiger partial charge in [-0.15, -0.1) is 0 Å². The van der Waals surface area contributed by atoms with Crippen molar-refractivity contribution in [3.8, 4) is 0 Å². The number of fused-ring (bicyclic) bond motifs is 3. The number of carbonyl (C=O) groups is 1. The number of aromatic amines is 1. The zero-order chi connectivity index (χ0) is 10.6. The van der Waals surface area contributed by atoms with E-state index in [0.717, 1.165) is 22.1 Å². The predicted octanol–water partition coefficient (Wildman–Crippen LogP) is 3.66. The molecule has 2 nitrogen and oxygen atoms in total. The van der Waals surface area contributed by atoms with Crippen molar-refractivity contribution in [2.24, 2.45) is 0 Å². The number of hydrogen-bond acceptors (Lipinski definition) is 1. The molecule has 1 aromatic heterocycles. The third-order valence-corrected chi connectivity index (χ3v) is 4.40. The van der Waals surface area contributed by atoms with E-state index in [1.807, 2.05) is 6.07 Å². The minimum Gasteiger partial charge on any atom is -0.351 e. The number of aryl methyl sites for hydroxylation is 1. The first-order valence-corrected chi connectivity index (χ1v) is 6.57. The van der Waals surface area contributed by atoms with E-state index in [-0.39, 0.29) is 5.78 Å². The van der Waals surface area contributed by atoms with Crippen molar-refractivity contribution >= 4 is 55.2 Å². The van der Waals surface area contributed by atoms with Crippen molar-refractivity contribution in [2.45, 2.75) is 12.8 Å². The van der Waals surface area contributed by atoms with E-state index in [1.165, 1.54) is 14.5 Å². The number of Topliss-reactive ketones (excluding diaryl/α,β-unsaturated/α-hetero) is 1. The van der Waals surface area contributed by atoms with Gasteiger partial charge in [-0.3, -0.25) is 4.79 Å². The Kier molecular flexibility index (Phi) is 2.17. The SMILES string of the molecule is O=C1CCc2c1[nH]c1c(Br)ccc(I)c21. The molecule has 0 saturated carbocycles. The van der Waals surface area contributed by atoms with Crippen LogP contribution in [0.4, 0.5) is 0 Å². The van der Waals surface area contributed by atoms with Crippen LogP contribution in [0.15, 0.2) is 16.6 Å². The summed E-state index contributed by atoms with van der Waals surface area (Å²) in [6.45, 7) is 0. The molecular weight excluding hydrogens is 369 g/mol. The average Bonchev–Trinajstić information content (AvgIpc) is 2.74. The zero-order valence-electron chi connectivity index (χ0n) is 7.73. The first-order chi connectivity index (χ1) is 7.18. The molecule has 1 aliphatic carbocycles. The van der Waals surface area contributed by atoms with E-state index >= 15 is 0 Å². The average molecular weight is 376 g/mol. The molecule has 1 N–H and O–H groups in total. The monoisotopic (exact) mass is 375 g/mol. The number of halogens is 2. The van der Waals surface area contributed by atoms with Gasteiger partial charge in [-0.2, -0.15) is 0 Å². The molecule has 1 aliphatic rings. The maximum absolute atomic E-state index is 11.6. The Balaban J connectivity index is 2.49. The lowest BCUT2D eigenvalue weighted by Gasteiger charge is -1.99. The fourth-order valence-electron chi connectivity index (χ4n) is 2.15. The lowest BCUT2D eigenvalue weighted by Crippen LogP contribution is -1.91. The molecule has 1 heterocycles. The molecule has 0 atom stereocenters. The van der Waals surface area contributed by atoms with Gasteiger partial charge in [0.1, 0.15) is 0 Å². The quantitative estimate of drug-likeness (QED) is 0.700. The van der Waals surface area contributed by atoms with Crippen LogP contribution in [-0.2, 0) is 6.42 Å². The maximum atomic E-state index is 11.6. The Morgan fingerprint density at radius 2 is 2.13 bits per heavy atom. The third-order valence-electron chi connectivity index (χ3n) is 2.84. The largest absolute Gasteiger partial charge is 0.351 e. The van der Waals surface area contributed by atoms with Crippen LogP contribution in [0.25, 0.3) is 10.9 Å². The molecule has 0 saturated heterocycles. The molecule has 0 spiro atoms. The minimum atomic E-state index is 0.240. The standard InChI is InChI=1S/C11H7BrINO/c12-6-2-3-7(13)9-5-1-4-8(15)10(5)14-11(6)9/h2-3,14H,1,4H2. The van der Waals surface area contributed by atoms with Crippen molar-refractivity contribution in [1.82, 2.24) is 4.98 Å². The van der Waals surface area contributed by atoms with Crippen LogP contribution >= 0.6 is 38.5 Å². The van der Waals surface area contributed by atoms with Crippen LogP contribution in [0.3, 0.4) is 0 Å². The lowest BCUT2D eigenvalue weighted by atomic mass is 10.1. The van der Waals surface area contributed by atoms with Gasteiger partial charge in [-0.25, -0.2) is 0 Å².